The van der Waals surface area contributed by atoms with Crippen LogP contribution in [-0.2, 0) is 0 Å². The molecule has 0 aliphatic carbocycles. The average molecular weight is 806 g/mol. The molecule has 0 aliphatic heterocycles. The van der Waals surface area contributed by atoms with Gasteiger partial charge >= 0.3 is 0 Å². The van der Waals surface area contributed by atoms with E-state index in [4.69, 9.17) is 19.4 Å². The molecule has 0 bridgehead atoms. The lowest BCUT2D eigenvalue weighted by molar-refractivity contribution is 0.671. The van der Waals surface area contributed by atoms with E-state index in [1.165, 1.54) is 21.8 Å². The normalized spacial score (nSPS) is 11.8. The lowest BCUT2D eigenvalue weighted by Crippen LogP contribution is -2.00. The zero-order valence-corrected chi connectivity index (χ0v) is 33.9. The van der Waals surface area contributed by atoms with Crippen molar-refractivity contribution in [3.63, 3.8) is 0 Å². The van der Waals surface area contributed by atoms with Crippen LogP contribution in [0.2, 0.25) is 0 Å². The van der Waals surface area contributed by atoms with Crippen molar-refractivity contribution in [2.45, 2.75) is 0 Å². The Balaban J connectivity index is 1.04. The zero-order chi connectivity index (χ0) is 41.4. The first-order valence-electron chi connectivity index (χ1n) is 21.2. The molecule has 0 radical (unpaired) electrons. The predicted octanol–water partition coefficient (Wildman–Crippen LogP) is 14.6. The molecule has 6 heteroatoms. The van der Waals surface area contributed by atoms with Gasteiger partial charge in [0.15, 0.2) is 23.1 Å². The van der Waals surface area contributed by atoms with Gasteiger partial charge in [-0.3, -0.25) is 0 Å². The molecule has 13 rings (SSSR count). The first-order valence-corrected chi connectivity index (χ1v) is 21.2. The maximum absolute atomic E-state index is 6.88. The summed E-state index contributed by atoms with van der Waals surface area (Å²) in [6.07, 6.45) is 0. The Labute approximate surface area is 361 Å². The van der Waals surface area contributed by atoms with Gasteiger partial charge in [0, 0.05) is 60.4 Å². The lowest BCUT2D eigenvalue weighted by Gasteiger charge is -2.12. The van der Waals surface area contributed by atoms with Crippen LogP contribution in [0.4, 0.5) is 0 Å². The van der Waals surface area contributed by atoms with Crippen molar-refractivity contribution in [1.29, 1.82) is 0 Å². The second kappa shape index (κ2) is 14.0. The van der Waals surface area contributed by atoms with Gasteiger partial charge in [-0.1, -0.05) is 140 Å². The van der Waals surface area contributed by atoms with Gasteiger partial charge in [0.05, 0.1) is 22.1 Å². The Hall–Kier alpha value is -8.61. The highest BCUT2D eigenvalue weighted by molar-refractivity contribution is 6.26. The van der Waals surface area contributed by atoms with Gasteiger partial charge in [-0.25, -0.2) is 15.0 Å². The smallest absolute Gasteiger partial charge is 0.164 e. The second-order valence-corrected chi connectivity index (χ2v) is 16.0. The molecule has 6 nitrogen and oxygen atoms in total. The molecule has 0 atom stereocenters. The van der Waals surface area contributed by atoms with Gasteiger partial charge in [-0.2, -0.15) is 0 Å². The number of para-hydroxylation sites is 4. The minimum Gasteiger partial charge on any atom is -0.454 e. The fourth-order valence-electron chi connectivity index (χ4n) is 9.52. The van der Waals surface area contributed by atoms with Crippen molar-refractivity contribution in [2.75, 3.05) is 0 Å². The summed E-state index contributed by atoms with van der Waals surface area (Å²) in [6, 6.07) is 74.4. The van der Waals surface area contributed by atoms with Crippen molar-refractivity contribution < 1.29 is 4.42 Å². The van der Waals surface area contributed by atoms with Crippen LogP contribution in [0.25, 0.3) is 122 Å². The fourth-order valence-corrected chi connectivity index (χ4v) is 9.52. The molecule has 13 aromatic rings. The summed E-state index contributed by atoms with van der Waals surface area (Å²) in [7, 11) is 0. The van der Waals surface area contributed by atoms with Crippen molar-refractivity contribution in [3.05, 3.63) is 212 Å². The number of hydrogen-bond donors (Lipinski definition) is 0. The highest BCUT2D eigenvalue weighted by atomic mass is 16.3. The molecule has 63 heavy (non-hydrogen) atoms. The predicted molar refractivity (Wildman–Crippen MR) is 258 cm³/mol. The van der Waals surface area contributed by atoms with E-state index in [1.807, 2.05) is 66.7 Å². The van der Waals surface area contributed by atoms with Gasteiger partial charge < -0.3 is 13.6 Å². The molecule has 0 spiro atoms. The summed E-state index contributed by atoms with van der Waals surface area (Å²) >= 11 is 0. The Morgan fingerprint density at radius 1 is 0.333 bits per heavy atom. The third kappa shape index (κ3) is 5.55. The Bertz CT molecular complexity index is 3830. The van der Waals surface area contributed by atoms with Crippen molar-refractivity contribution in [2.24, 2.45) is 0 Å². The third-order valence-corrected chi connectivity index (χ3v) is 12.4. The van der Waals surface area contributed by atoms with E-state index in [1.54, 1.807) is 0 Å². The molecule has 0 unspecified atom stereocenters. The van der Waals surface area contributed by atoms with E-state index in [-0.39, 0.29) is 0 Å². The molecule has 0 aliphatic rings. The highest BCUT2D eigenvalue weighted by Gasteiger charge is 2.24. The molecule has 0 N–H and O–H groups in total. The maximum atomic E-state index is 6.88. The standard InChI is InChI=1S/C57H35N5O/c1-4-16-36(17-5-1)55-58-56(37-18-6-2-7-19-37)60-57(59-55)38-28-31-41(32-29-38)62-49-26-14-11-24-44(49)52-45(35-47-43-23-12-15-27-51(43)63-54(47)53(52)62)39-30-33-50-46(34-39)42-22-10-13-25-48(42)61(50)40-20-8-3-9-21-40/h1-35H. The first kappa shape index (κ1) is 35.2. The molecule has 0 saturated heterocycles. The summed E-state index contributed by atoms with van der Waals surface area (Å²) in [5, 5.41) is 6.89. The summed E-state index contributed by atoms with van der Waals surface area (Å²) in [6.45, 7) is 0. The van der Waals surface area contributed by atoms with Crippen LogP contribution in [0.3, 0.4) is 0 Å². The van der Waals surface area contributed by atoms with Crippen LogP contribution in [0.5, 0.6) is 0 Å². The first-order chi connectivity index (χ1) is 31.2. The topological polar surface area (TPSA) is 61.7 Å². The summed E-state index contributed by atoms with van der Waals surface area (Å²) in [5.41, 5.74) is 13.4. The Morgan fingerprint density at radius 2 is 0.825 bits per heavy atom. The van der Waals surface area contributed by atoms with Gasteiger partial charge in [0.2, 0.25) is 0 Å². The fraction of sp³-hybridized carbons (Fsp3) is 0. The number of furan rings is 1. The monoisotopic (exact) mass is 805 g/mol. The van der Waals surface area contributed by atoms with Gasteiger partial charge in [-0.15, -0.1) is 0 Å². The number of rotatable bonds is 6. The van der Waals surface area contributed by atoms with Gasteiger partial charge in [0.1, 0.15) is 5.58 Å². The third-order valence-electron chi connectivity index (χ3n) is 12.4. The number of hydrogen-bond acceptors (Lipinski definition) is 4. The molecule has 4 aromatic heterocycles. The van der Waals surface area contributed by atoms with Crippen molar-refractivity contribution in [3.8, 4) is 56.7 Å². The van der Waals surface area contributed by atoms with E-state index in [9.17, 15) is 0 Å². The van der Waals surface area contributed by atoms with Crippen LogP contribution in [0, 0.1) is 0 Å². The zero-order valence-electron chi connectivity index (χ0n) is 33.9. The highest BCUT2D eigenvalue weighted by Crippen LogP contribution is 2.46. The molecular formula is C57H35N5O. The number of fused-ring (bicyclic) bond motifs is 10. The van der Waals surface area contributed by atoms with Crippen LogP contribution >= 0.6 is 0 Å². The molecule has 4 heterocycles. The van der Waals surface area contributed by atoms with Gasteiger partial charge in [-0.05, 0) is 83.9 Å². The quantitative estimate of drug-likeness (QED) is 0.168. The van der Waals surface area contributed by atoms with Crippen molar-refractivity contribution in [1.82, 2.24) is 24.1 Å². The average Bonchev–Trinajstić information content (AvgIpc) is 4.02. The number of aromatic nitrogens is 5. The van der Waals surface area contributed by atoms with Crippen molar-refractivity contribution >= 4 is 65.6 Å². The molecular weight excluding hydrogens is 771 g/mol. The van der Waals surface area contributed by atoms with E-state index < -0.39 is 0 Å². The maximum Gasteiger partial charge on any atom is 0.164 e. The summed E-state index contributed by atoms with van der Waals surface area (Å²) < 4.78 is 11.6. The van der Waals surface area contributed by atoms with Crippen LogP contribution in [-0.4, -0.2) is 24.1 Å². The summed E-state index contributed by atoms with van der Waals surface area (Å²) in [5.74, 6) is 1.88. The van der Waals surface area contributed by atoms with Crippen LogP contribution in [0.1, 0.15) is 0 Å². The number of nitrogens with zero attached hydrogens (tertiary/aromatic N) is 5. The lowest BCUT2D eigenvalue weighted by atomic mass is 9.95. The molecule has 0 saturated carbocycles. The molecule has 0 fully saturated rings. The largest absolute Gasteiger partial charge is 0.454 e. The van der Waals surface area contributed by atoms with Crippen LogP contribution in [0.15, 0.2) is 217 Å². The Morgan fingerprint density at radius 3 is 1.49 bits per heavy atom. The Kier molecular flexibility index (Phi) is 7.80. The van der Waals surface area contributed by atoms with Crippen LogP contribution < -0.4 is 0 Å². The second-order valence-electron chi connectivity index (χ2n) is 16.0. The van der Waals surface area contributed by atoms with E-state index in [2.05, 4.69) is 155 Å². The van der Waals surface area contributed by atoms with E-state index in [0.717, 1.165) is 82.9 Å². The summed E-state index contributed by atoms with van der Waals surface area (Å²) in [4.78, 5) is 14.9. The minimum absolute atomic E-state index is 0.613. The molecule has 0 amide bonds. The van der Waals surface area contributed by atoms with E-state index in [0.29, 0.717) is 17.5 Å². The van der Waals surface area contributed by atoms with E-state index >= 15 is 0 Å². The number of benzene rings is 9. The minimum atomic E-state index is 0.613. The SMILES string of the molecule is c1ccc(-c2nc(-c3ccccc3)nc(-c3ccc(-n4c5ccccc5c5c(-c6ccc7c(c6)c6ccccc6n7-c6ccccc6)cc6c7ccccc7oc6c54)cc3)n2)cc1. The van der Waals surface area contributed by atoms with Gasteiger partial charge in [0.25, 0.3) is 0 Å². The molecule has 294 valence electrons. The molecule has 9 aromatic carbocycles.